The lowest BCUT2D eigenvalue weighted by molar-refractivity contribution is 0.573. The van der Waals surface area contributed by atoms with E-state index in [4.69, 9.17) is 0 Å². The summed E-state index contributed by atoms with van der Waals surface area (Å²) in [5.41, 5.74) is 2.11. The molecule has 1 saturated heterocycles. The number of aryl methyl sites for hydroxylation is 1. The molecule has 3 aromatic rings. The van der Waals surface area contributed by atoms with Crippen LogP contribution in [0.4, 0.5) is 23.1 Å². The van der Waals surface area contributed by atoms with Gasteiger partial charge in [-0.25, -0.2) is 9.97 Å². The predicted molar refractivity (Wildman–Crippen MR) is 112 cm³/mol. The Morgan fingerprint density at radius 2 is 1.76 bits per heavy atom. The van der Waals surface area contributed by atoms with Crippen molar-refractivity contribution in [3.8, 4) is 0 Å². The van der Waals surface area contributed by atoms with Gasteiger partial charge >= 0.3 is 0 Å². The largest absolute Gasteiger partial charge is 0.356 e. The van der Waals surface area contributed by atoms with Gasteiger partial charge in [0.1, 0.15) is 5.82 Å². The van der Waals surface area contributed by atoms with E-state index in [1.807, 2.05) is 13.0 Å². The Morgan fingerprint density at radius 3 is 2.45 bits per heavy atom. The van der Waals surface area contributed by atoms with Crippen LogP contribution in [0.15, 0.2) is 47.9 Å². The number of nitrogens with zero attached hydrogens (tertiary/aromatic N) is 4. The maximum Gasteiger partial charge on any atom is 0.278 e. The number of aromatic nitrogens is 4. The van der Waals surface area contributed by atoms with E-state index in [-0.39, 0.29) is 5.03 Å². The number of piperidine rings is 1. The van der Waals surface area contributed by atoms with Crippen LogP contribution in [0.1, 0.15) is 25.0 Å². The molecular formula is C19H23N7O2S. The molecule has 1 fully saturated rings. The lowest BCUT2D eigenvalue weighted by atomic mass is 10.1. The molecule has 0 radical (unpaired) electrons. The highest BCUT2D eigenvalue weighted by molar-refractivity contribution is 7.92. The maximum atomic E-state index is 12.2. The lowest BCUT2D eigenvalue weighted by Gasteiger charge is -2.28. The molecule has 0 aliphatic carbocycles. The van der Waals surface area contributed by atoms with Crippen LogP contribution in [-0.4, -0.2) is 41.4 Å². The molecule has 1 aliphatic rings. The fourth-order valence-corrected chi connectivity index (χ4v) is 4.21. The summed E-state index contributed by atoms with van der Waals surface area (Å²) >= 11 is 0. The second kappa shape index (κ2) is 8.08. The average Bonchev–Trinajstić information content (AvgIpc) is 3.26. The topological polar surface area (TPSA) is 116 Å². The Bertz CT molecular complexity index is 1060. The van der Waals surface area contributed by atoms with E-state index in [1.54, 1.807) is 24.3 Å². The molecular weight excluding hydrogens is 390 g/mol. The van der Waals surface area contributed by atoms with Crippen molar-refractivity contribution in [2.75, 3.05) is 28.0 Å². The highest BCUT2D eigenvalue weighted by Gasteiger charge is 2.16. The molecule has 152 valence electrons. The summed E-state index contributed by atoms with van der Waals surface area (Å²) in [6.07, 6.45) is 6.21. The SMILES string of the molecule is Cc1cc(N2CCCCC2)nc(Nc2ccc(NS(=O)(=O)c3cnc[nH]3)cc2)n1. The first-order valence-electron chi connectivity index (χ1n) is 9.48. The molecule has 0 unspecified atom stereocenters. The third kappa shape index (κ3) is 4.65. The van der Waals surface area contributed by atoms with Gasteiger partial charge in [-0.15, -0.1) is 0 Å². The molecule has 3 heterocycles. The second-order valence-corrected chi connectivity index (χ2v) is 8.61. The van der Waals surface area contributed by atoms with Gasteiger partial charge in [0.05, 0.1) is 12.5 Å². The standard InChI is InChI=1S/C19H23N7O2S/c1-14-11-17(26-9-3-2-4-10-26)24-19(22-14)23-15-5-7-16(8-6-15)25-29(27,28)18-12-20-13-21-18/h5-8,11-13,25H,2-4,9-10H2,1H3,(H,20,21)(H,22,23,24). The van der Waals surface area contributed by atoms with E-state index in [9.17, 15) is 8.42 Å². The summed E-state index contributed by atoms with van der Waals surface area (Å²) in [4.78, 5) is 17.7. The van der Waals surface area contributed by atoms with Crippen molar-refractivity contribution < 1.29 is 8.42 Å². The molecule has 2 aromatic heterocycles. The average molecular weight is 414 g/mol. The zero-order chi connectivity index (χ0) is 20.3. The van der Waals surface area contributed by atoms with E-state index in [2.05, 4.69) is 34.9 Å². The molecule has 1 aliphatic heterocycles. The summed E-state index contributed by atoms with van der Waals surface area (Å²) in [7, 11) is -3.68. The van der Waals surface area contributed by atoms with Crippen molar-refractivity contribution in [2.24, 2.45) is 0 Å². The van der Waals surface area contributed by atoms with E-state index in [0.717, 1.165) is 30.3 Å². The van der Waals surface area contributed by atoms with Gasteiger partial charge in [-0.1, -0.05) is 0 Å². The van der Waals surface area contributed by atoms with Crippen molar-refractivity contribution in [2.45, 2.75) is 31.2 Å². The quantitative estimate of drug-likeness (QED) is 0.569. The molecule has 4 rings (SSSR count). The molecule has 0 bridgehead atoms. The van der Waals surface area contributed by atoms with Gasteiger partial charge in [0.25, 0.3) is 10.0 Å². The van der Waals surface area contributed by atoms with Crippen LogP contribution in [0, 0.1) is 6.92 Å². The monoisotopic (exact) mass is 413 g/mol. The van der Waals surface area contributed by atoms with Crippen molar-refractivity contribution in [1.29, 1.82) is 0 Å². The van der Waals surface area contributed by atoms with Gasteiger partial charge in [-0.2, -0.15) is 13.4 Å². The summed E-state index contributed by atoms with van der Waals surface area (Å²) in [6.45, 7) is 3.98. The number of rotatable bonds is 6. The van der Waals surface area contributed by atoms with E-state index in [1.165, 1.54) is 31.8 Å². The molecule has 0 amide bonds. The van der Waals surface area contributed by atoms with Crippen molar-refractivity contribution >= 4 is 33.2 Å². The van der Waals surface area contributed by atoms with Gasteiger partial charge in [-0.05, 0) is 50.5 Å². The number of sulfonamides is 1. The first-order valence-corrected chi connectivity index (χ1v) is 11.0. The summed E-state index contributed by atoms with van der Waals surface area (Å²) in [6, 6.07) is 8.91. The number of hydrogen-bond acceptors (Lipinski definition) is 7. The Morgan fingerprint density at radius 1 is 1.03 bits per heavy atom. The van der Waals surface area contributed by atoms with Gasteiger partial charge < -0.3 is 15.2 Å². The molecule has 0 spiro atoms. The number of benzene rings is 1. The fourth-order valence-electron chi connectivity index (χ4n) is 3.24. The summed E-state index contributed by atoms with van der Waals surface area (Å²) < 4.78 is 27.0. The van der Waals surface area contributed by atoms with E-state index < -0.39 is 10.0 Å². The Kier molecular flexibility index (Phi) is 5.34. The predicted octanol–water partition coefficient (Wildman–Crippen LogP) is 3.04. The zero-order valence-electron chi connectivity index (χ0n) is 16.1. The van der Waals surface area contributed by atoms with Gasteiger partial charge in [-0.3, -0.25) is 4.72 Å². The highest BCUT2D eigenvalue weighted by Crippen LogP contribution is 2.23. The zero-order valence-corrected chi connectivity index (χ0v) is 16.9. The Labute approximate surface area is 169 Å². The number of nitrogens with one attached hydrogen (secondary N) is 3. The lowest BCUT2D eigenvalue weighted by Crippen LogP contribution is -2.30. The smallest absolute Gasteiger partial charge is 0.278 e. The minimum Gasteiger partial charge on any atom is -0.356 e. The third-order valence-corrected chi connectivity index (χ3v) is 5.98. The molecule has 9 nitrogen and oxygen atoms in total. The first kappa shape index (κ1) is 19.2. The molecule has 29 heavy (non-hydrogen) atoms. The normalized spacial score (nSPS) is 14.6. The number of imidazole rings is 1. The van der Waals surface area contributed by atoms with Crippen molar-refractivity contribution in [3.05, 3.63) is 48.5 Å². The van der Waals surface area contributed by atoms with Gasteiger partial charge in [0.2, 0.25) is 5.95 Å². The molecule has 3 N–H and O–H groups in total. The minimum atomic E-state index is -3.68. The number of aromatic amines is 1. The van der Waals surface area contributed by atoms with E-state index in [0.29, 0.717) is 11.6 Å². The van der Waals surface area contributed by atoms with Crippen LogP contribution in [0.25, 0.3) is 0 Å². The minimum absolute atomic E-state index is 0.0121. The number of H-pyrrole nitrogens is 1. The Balaban J connectivity index is 1.47. The van der Waals surface area contributed by atoms with Gasteiger partial charge in [0.15, 0.2) is 5.03 Å². The van der Waals surface area contributed by atoms with Crippen LogP contribution in [0.3, 0.4) is 0 Å². The van der Waals surface area contributed by atoms with Crippen LogP contribution in [-0.2, 0) is 10.0 Å². The van der Waals surface area contributed by atoms with Crippen LogP contribution < -0.4 is 14.9 Å². The third-order valence-electron chi connectivity index (χ3n) is 4.68. The highest BCUT2D eigenvalue weighted by atomic mass is 32.2. The van der Waals surface area contributed by atoms with Crippen LogP contribution in [0.2, 0.25) is 0 Å². The molecule has 1 aromatic carbocycles. The van der Waals surface area contributed by atoms with Crippen LogP contribution in [0.5, 0.6) is 0 Å². The first-order chi connectivity index (χ1) is 14.0. The number of hydrogen-bond donors (Lipinski definition) is 3. The van der Waals surface area contributed by atoms with Gasteiger partial charge in [0, 0.05) is 36.2 Å². The molecule has 0 saturated carbocycles. The number of anilines is 4. The van der Waals surface area contributed by atoms with E-state index >= 15 is 0 Å². The Hall–Kier alpha value is -3.14. The maximum absolute atomic E-state index is 12.2. The van der Waals surface area contributed by atoms with Crippen molar-refractivity contribution in [3.63, 3.8) is 0 Å². The summed E-state index contributed by atoms with van der Waals surface area (Å²) in [5, 5.41) is 3.21. The molecule has 10 heteroatoms. The van der Waals surface area contributed by atoms with Crippen LogP contribution >= 0.6 is 0 Å². The summed E-state index contributed by atoms with van der Waals surface area (Å²) in [5.74, 6) is 1.46. The fraction of sp³-hybridized carbons (Fsp3) is 0.316. The van der Waals surface area contributed by atoms with Crippen molar-refractivity contribution in [1.82, 2.24) is 19.9 Å². The molecule has 0 atom stereocenters. The second-order valence-electron chi connectivity index (χ2n) is 6.96.